The van der Waals surface area contributed by atoms with Gasteiger partial charge in [-0.05, 0) is 77.8 Å². The van der Waals surface area contributed by atoms with Crippen molar-refractivity contribution in [1.82, 2.24) is 10.2 Å². The molecule has 3 N–H and O–H groups in total. The maximum absolute atomic E-state index is 13.8. The minimum atomic E-state index is -1.15. The van der Waals surface area contributed by atoms with Crippen LogP contribution in [0.3, 0.4) is 0 Å². The summed E-state index contributed by atoms with van der Waals surface area (Å²) in [7, 11) is 3.02. The summed E-state index contributed by atoms with van der Waals surface area (Å²) in [5, 5.41) is 23.5. The van der Waals surface area contributed by atoms with Crippen LogP contribution in [0.1, 0.15) is 48.9 Å². The Kier molecular flexibility index (Phi) is 10.8. The van der Waals surface area contributed by atoms with Crippen LogP contribution in [-0.4, -0.2) is 92.0 Å². The van der Waals surface area contributed by atoms with Gasteiger partial charge in [-0.1, -0.05) is 6.42 Å². The van der Waals surface area contributed by atoms with Crippen molar-refractivity contribution in [2.24, 2.45) is 17.8 Å². The molecule has 40 heavy (non-hydrogen) atoms. The number of benzene rings is 1. The molecule has 6 atom stereocenters. The van der Waals surface area contributed by atoms with Crippen LogP contribution in [0.2, 0.25) is 0 Å². The SMILES string of the molecule is COCCN(C(=O)CC1CC2CCC1C2)C1CC(C(=O)NCCO)=CC(Oc2c(I)cc(C=O)cc2OC)C1O. The molecule has 3 aliphatic carbocycles. The van der Waals surface area contributed by atoms with E-state index in [0.717, 1.165) is 6.42 Å². The van der Waals surface area contributed by atoms with Gasteiger partial charge in [-0.25, -0.2) is 0 Å². The lowest BCUT2D eigenvalue weighted by Gasteiger charge is -2.41. The fourth-order valence-electron chi connectivity index (χ4n) is 6.47. The van der Waals surface area contributed by atoms with E-state index in [1.807, 2.05) is 22.6 Å². The number of carbonyl (C=O) groups excluding carboxylic acids is 3. The molecule has 2 fully saturated rings. The van der Waals surface area contributed by atoms with E-state index in [0.29, 0.717) is 56.7 Å². The molecule has 2 amide bonds. The van der Waals surface area contributed by atoms with Crippen LogP contribution in [0.4, 0.5) is 0 Å². The second-order valence-corrected chi connectivity index (χ2v) is 12.0. The van der Waals surface area contributed by atoms with Gasteiger partial charge in [0, 0.05) is 44.2 Å². The molecule has 11 heteroatoms. The number of amides is 2. The highest BCUT2D eigenvalue weighted by Gasteiger charge is 2.44. The third-order valence-corrected chi connectivity index (χ3v) is 9.24. The Morgan fingerprint density at radius 2 is 2.02 bits per heavy atom. The van der Waals surface area contributed by atoms with Gasteiger partial charge in [-0.15, -0.1) is 0 Å². The average Bonchev–Trinajstić information content (AvgIpc) is 3.57. The Morgan fingerprint density at radius 1 is 1.23 bits per heavy atom. The predicted octanol–water partition coefficient (Wildman–Crippen LogP) is 2.33. The second-order valence-electron chi connectivity index (χ2n) is 10.9. The minimum Gasteiger partial charge on any atom is -0.493 e. The first-order chi connectivity index (χ1) is 19.3. The van der Waals surface area contributed by atoms with E-state index in [-0.39, 0.29) is 38.6 Å². The highest BCUT2D eigenvalue weighted by Crippen LogP contribution is 2.49. The monoisotopic (exact) mass is 670 g/mol. The largest absolute Gasteiger partial charge is 0.493 e. The van der Waals surface area contributed by atoms with Crippen LogP contribution >= 0.6 is 22.6 Å². The molecule has 0 spiro atoms. The van der Waals surface area contributed by atoms with E-state index in [9.17, 15) is 24.6 Å². The summed E-state index contributed by atoms with van der Waals surface area (Å²) in [6.07, 6.45) is 5.35. The van der Waals surface area contributed by atoms with Gasteiger partial charge in [0.05, 0.1) is 29.9 Å². The average molecular weight is 671 g/mol. The molecule has 0 radical (unpaired) electrons. The molecule has 2 saturated carbocycles. The van der Waals surface area contributed by atoms with Crippen LogP contribution in [0.15, 0.2) is 23.8 Å². The molecule has 10 nitrogen and oxygen atoms in total. The van der Waals surface area contributed by atoms with E-state index in [4.69, 9.17) is 14.2 Å². The highest BCUT2D eigenvalue weighted by atomic mass is 127. The van der Waals surface area contributed by atoms with Crippen molar-refractivity contribution in [3.63, 3.8) is 0 Å². The number of nitrogens with one attached hydrogen (secondary N) is 1. The first-order valence-corrected chi connectivity index (χ1v) is 14.9. The molecule has 3 aliphatic rings. The van der Waals surface area contributed by atoms with Crippen LogP contribution < -0.4 is 14.8 Å². The van der Waals surface area contributed by atoms with Crippen LogP contribution in [-0.2, 0) is 14.3 Å². The van der Waals surface area contributed by atoms with Crippen LogP contribution in [0.25, 0.3) is 0 Å². The quantitative estimate of drug-likeness (QED) is 0.215. The van der Waals surface area contributed by atoms with Crippen molar-refractivity contribution in [2.75, 3.05) is 40.5 Å². The Bertz CT molecular complexity index is 1110. The number of hydrogen-bond donors (Lipinski definition) is 3. The zero-order chi connectivity index (χ0) is 28.8. The highest BCUT2D eigenvalue weighted by molar-refractivity contribution is 14.1. The van der Waals surface area contributed by atoms with Gasteiger partial charge in [0.15, 0.2) is 11.5 Å². The molecule has 1 aromatic rings. The minimum absolute atomic E-state index is 0.0584. The van der Waals surface area contributed by atoms with Gasteiger partial charge in [-0.3, -0.25) is 14.4 Å². The summed E-state index contributed by atoms with van der Waals surface area (Å²) in [5.41, 5.74) is 0.759. The molecular formula is C29H39IN2O8. The number of fused-ring (bicyclic) bond motifs is 2. The van der Waals surface area contributed by atoms with Crippen molar-refractivity contribution in [3.05, 3.63) is 32.9 Å². The lowest BCUT2D eigenvalue weighted by Crippen LogP contribution is -2.56. The zero-order valence-electron chi connectivity index (χ0n) is 23.0. The molecule has 1 aromatic carbocycles. The lowest BCUT2D eigenvalue weighted by atomic mass is 9.84. The lowest BCUT2D eigenvalue weighted by molar-refractivity contribution is -0.141. The van der Waals surface area contributed by atoms with Gasteiger partial charge in [-0.2, -0.15) is 0 Å². The number of carbonyl (C=O) groups is 3. The Morgan fingerprint density at radius 3 is 2.65 bits per heavy atom. The second kappa shape index (κ2) is 14.1. The first-order valence-electron chi connectivity index (χ1n) is 13.8. The molecule has 0 aromatic heterocycles. The van der Waals surface area contributed by atoms with Crippen molar-refractivity contribution in [2.45, 2.75) is 56.8 Å². The van der Waals surface area contributed by atoms with Gasteiger partial charge in [0.25, 0.3) is 0 Å². The summed E-state index contributed by atoms with van der Waals surface area (Å²) >= 11 is 2.03. The molecule has 4 rings (SSSR count). The number of halogens is 1. The topological polar surface area (TPSA) is 135 Å². The van der Waals surface area contributed by atoms with Gasteiger partial charge >= 0.3 is 0 Å². The zero-order valence-corrected chi connectivity index (χ0v) is 25.2. The summed E-state index contributed by atoms with van der Waals surface area (Å²) in [4.78, 5) is 39.8. The number of ether oxygens (including phenoxy) is 3. The van der Waals surface area contributed by atoms with E-state index in [2.05, 4.69) is 5.32 Å². The van der Waals surface area contributed by atoms with Crippen molar-refractivity contribution >= 4 is 40.7 Å². The summed E-state index contributed by atoms with van der Waals surface area (Å²) in [6.45, 7) is 0.409. The summed E-state index contributed by atoms with van der Waals surface area (Å²) < 4.78 is 17.6. The number of methoxy groups -OCH3 is 2. The molecular weight excluding hydrogens is 631 g/mol. The maximum atomic E-state index is 13.8. The molecule has 0 aliphatic heterocycles. The van der Waals surface area contributed by atoms with Gasteiger partial charge in [0.2, 0.25) is 11.8 Å². The fourth-order valence-corrected chi connectivity index (χ4v) is 7.22. The Hall–Kier alpha value is -2.22. The number of aliphatic hydroxyl groups excluding tert-OH is 2. The summed E-state index contributed by atoms with van der Waals surface area (Å²) in [5.74, 6) is 1.80. The first kappa shape index (κ1) is 30.7. The Balaban J connectivity index is 1.63. The Labute approximate surface area is 248 Å². The third-order valence-electron chi connectivity index (χ3n) is 8.43. The fraction of sp³-hybridized carbons (Fsp3) is 0.621. The van der Waals surface area contributed by atoms with Crippen molar-refractivity contribution in [1.29, 1.82) is 0 Å². The molecule has 0 saturated heterocycles. The number of hydrogen-bond acceptors (Lipinski definition) is 8. The number of aliphatic hydroxyl groups is 2. The van der Waals surface area contributed by atoms with Crippen molar-refractivity contribution in [3.8, 4) is 11.5 Å². The normalized spacial score (nSPS) is 27.2. The maximum Gasteiger partial charge on any atom is 0.247 e. The summed E-state index contributed by atoms with van der Waals surface area (Å²) in [6, 6.07) is 2.45. The van der Waals surface area contributed by atoms with E-state index in [1.165, 1.54) is 26.4 Å². The van der Waals surface area contributed by atoms with Crippen LogP contribution in [0.5, 0.6) is 11.5 Å². The van der Waals surface area contributed by atoms with E-state index >= 15 is 0 Å². The van der Waals surface area contributed by atoms with Gasteiger partial charge < -0.3 is 34.6 Å². The smallest absolute Gasteiger partial charge is 0.247 e. The predicted molar refractivity (Wildman–Crippen MR) is 155 cm³/mol. The van der Waals surface area contributed by atoms with E-state index in [1.54, 1.807) is 30.2 Å². The molecule has 220 valence electrons. The molecule has 6 unspecified atom stereocenters. The number of aldehydes is 1. The third kappa shape index (κ3) is 6.97. The molecule has 0 heterocycles. The number of nitrogens with zero attached hydrogens (tertiary/aromatic N) is 1. The van der Waals surface area contributed by atoms with Gasteiger partial charge in [0.1, 0.15) is 18.5 Å². The van der Waals surface area contributed by atoms with E-state index < -0.39 is 24.2 Å². The standard InChI is InChI=1S/C29H39IN2O8/c1-38-8-6-32(26(35)15-20-10-17-3-4-19(20)9-17)23-13-21(29(37)31-5-7-33)14-24(27(23)36)40-28-22(30)11-18(16-34)12-25(28)39-2/h11-12,14,16-17,19-20,23-24,27,33,36H,3-10,13,15H2,1-2H3,(H,31,37). The van der Waals surface area contributed by atoms with Crippen molar-refractivity contribution < 1.29 is 38.8 Å². The van der Waals surface area contributed by atoms with Crippen LogP contribution in [0, 0.1) is 21.3 Å². The number of rotatable bonds is 13. The molecule has 2 bridgehead atoms.